The molecule has 196 valence electrons. The number of amides is 2. The minimum absolute atomic E-state index is 0.310. The summed E-state index contributed by atoms with van der Waals surface area (Å²) in [5.41, 5.74) is 4.06. The quantitative estimate of drug-likeness (QED) is 0.311. The zero-order valence-electron chi connectivity index (χ0n) is 21.1. The molecule has 2 amide bonds. The third-order valence-electron chi connectivity index (χ3n) is 7.28. The number of halogens is 2. The first-order valence-corrected chi connectivity index (χ1v) is 13.3. The number of methoxy groups -OCH3 is 2. The summed E-state index contributed by atoms with van der Waals surface area (Å²) in [5.74, 6) is -0.349. The number of urea groups is 1. The lowest BCUT2D eigenvalue weighted by Gasteiger charge is -2.31. The number of aryl methyl sites for hydroxylation is 1. The summed E-state index contributed by atoms with van der Waals surface area (Å²) in [5, 5.41) is 4.05. The maximum atomic E-state index is 14.5. The minimum Gasteiger partial charge on any atom is -0.493 e. The van der Waals surface area contributed by atoms with Crippen molar-refractivity contribution in [2.24, 2.45) is 0 Å². The van der Waals surface area contributed by atoms with E-state index in [4.69, 9.17) is 9.47 Å². The Kier molecular flexibility index (Phi) is 6.31. The van der Waals surface area contributed by atoms with Crippen LogP contribution in [0.3, 0.4) is 0 Å². The number of carbonyl (C=O) groups excluding carboxylic acids is 1. The van der Waals surface area contributed by atoms with Crippen molar-refractivity contribution < 1.29 is 23.0 Å². The molecule has 0 saturated heterocycles. The van der Waals surface area contributed by atoms with Crippen LogP contribution < -0.4 is 14.8 Å². The molecule has 0 bridgehead atoms. The van der Waals surface area contributed by atoms with Crippen molar-refractivity contribution in [3.05, 3.63) is 93.6 Å². The van der Waals surface area contributed by atoms with E-state index in [1.165, 1.54) is 29.7 Å². The molecule has 1 aliphatic carbocycles. The van der Waals surface area contributed by atoms with E-state index in [9.17, 15) is 13.6 Å². The highest BCUT2D eigenvalue weighted by atomic mass is 32.1. The molecule has 0 radical (unpaired) electrons. The zero-order valence-corrected chi connectivity index (χ0v) is 21.9. The van der Waals surface area contributed by atoms with E-state index in [1.807, 2.05) is 18.3 Å². The van der Waals surface area contributed by atoms with Gasteiger partial charge in [0.1, 0.15) is 22.7 Å². The number of anilines is 1. The monoisotopic (exact) mass is 535 g/mol. The molecular formula is C29H27F2N3O3S. The predicted octanol–water partition coefficient (Wildman–Crippen LogP) is 6.85. The van der Waals surface area contributed by atoms with Gasteiger partial charge in [-0.3, -0.25) is 0 Å². The van der Waals surface area contributed by atoms with E-state index in [-0.39, 0.29) is 6.03 Å². The lowest BCUT2D eigenvalue weighted by Crippen LogP contribution is -2.38. The normalized spacial score (nSPS) is 16.2. The van der Waals surface area contributed by atoms with Crippen LogP contribution in [0.2, 0.25) is 0 Å². The number of benzene rings is 2. The Balaban J connectivity index is 1.48. The Morgan fingerprint density at radius 2 is 1.74 bits per heavy atom. The SMILES string of the molecule is COc1ccc(NC(=O)N2Cc3c(sc4c3CCCC4)-n3cccc3C2c2cc(F)cc(F)c2)cc1OC. The number of thiophene rings is 1. The van der Waals surface area contributed by atoms with Gasteiger partial charge in [-0.25, -0.2) is 13.6 Å². The first-order chi connectivity index (χ1) is 18.5. The Hall–Kier alpha value is -3.85. The van der Waals surface area contributed by atoms with E-state index in [2.05, 4.69) is 9.88 Å². The van der Waals surface area contributed by atoms with E-state index in [0.29, 0.717) is 29.3 Å². The summed E-state index contributed by atoms with van der Waals surface area (Å²) in [4.78, 5) is 17.0. The van der Waals surface area contributed by atoms with E-state index in [1.54, 1.807) is 41.5 Å². The number of nitrogens with one attached hydrogen (secondary N) is 1. The third-order valence-corrected chi connectivity index (χ3v) is 8.61. The Morgan fingerprint density at radius 1 is 0.974 bits per heavy atom. The first-order valence-electron chi connectivity index (χ1n) is 12.5. The summed E-state index contributed by atoms with van der Waals surface area (Å²) >= 11 is 1.75. The fraction of sp³-hybridized carbons (Fsp3) is 0.276. The van der Waals surface area contributed by atoms with Crippen molar-refractivity contribution in [2.75, 3.05) is 19.5 Å². The lowest BCUT2D eigenvalue weighted by atomic mass is 9.95. The van der Waals surface area contributed by atoms with Crippen molar-refractivity contribution in [3.63, 3.8) is 0 Å². The molecule has 3 heterocycles. The zero-order chi connectivity index (χ0) is 26.4. The maximum absolute atomic E-state index is 14.5. The molecule has 2 aliphatic rings. The van der Waals surface area contributed by atoms with Crippen LogP contribution in [0, 0.1) is 11.6 Å². The van der Waals surface area contributed by atoms with Gasteiger partial charge < -0.3 is 24.3 Å². The van der Waals surface area contributed by atoms with Gasteiger partial charge in [0, 0.05) is 34.5 Å². The Bertz CT molecular complexity index is 1510. The molecule has 1 N–H and O–H groups in total. The van der Waals surface area contributed by atoms with Gasteiger partial charge in [-0.05, 0) is 73.2 Å². The molecule has 6 nitrogen and oxygen atoms in total. The molecule has 4 aromatic rings. The van der Waals surface area contributed by atoms with Crippen molar-refractivity contribution in [2.45, 2.75) is 38.3 Å². The van der Waals surface area contributed by atoms with Crippen LogP contribution in [0.5, 0.6) is 11.5 Å². The second-order valence-corrected chi connectivity index (χ2v) is 10.6. The largest absolute Gasteiger partial charge is 0.493 e. The molecule has 1 aliphatic heterocycles. The molecule has 6 rings (SSSR count). The standard InChI is InChI=1S/C29H27F2N3O3S/c1-36-24-10-9-20(15-25(24)37-2)32-29(35)34-16-22-21-6-3-4-8-26(21)38-28(22)33-11-5-7-23(33)27(34)17-12-18(30)14-19(31)13-17/h5,7,9-15,27H,3-4,6,8,16H2,1-2H3,(H,32,35). The summed E-state index contributed by atoms with van der Waals surface area (Å²) in [6.07, 6.45) is 6.21. The Labute approximate surface area is 223 Å². The van der Waals surface area contributed by atoms with Gasteiger partial charge in [0.2, 0.25) is 0 Å². The van der Waals surface area contributed by atoms with Gasteiger partial charge in [0.15, 0.2) is 11.5 Å². The van der Waals surface area contributed by atoms with Gasteiger partial charge in [-0.2, -0.15) is 0 Å². The molecule has 9 heteroatoms. The summed E-state index contributed by atoms with van der Waals surface area (Å²) in [7, 11) is 3.08. The van der Waals surface area contributed by atoms with Crippen molar-refractivity contribution in [1.82, 2.24) is 9.47 Å². The molecular weight excluding hydrogens is 508 g/mol. The lowest BCUT2D eigenvalue weighted by molar-refractivity contribution is 0.194. The van der Waals surface area contributed by atoms with Crippen LogP contribution in [-0.2, 0) is 19.4 Å². The number of hydrogen-bond donors (Lipinski definition) is 1. The molecule has 38 heavy (non-hydrogen) atoms. The summed E-state index contributed by atoms with van der Waals surface area (Å²) in [6.45, 7) is 0.310. The molecule has 0 saturated carbocycles. The van der Waals surface area contributed by atoms with Crippen LogP contribution in [0.1, 0.15) is 46.1 Å². The van der Waals surface area contributed by atoms with Crippen molar-refractivity contribution in [3.8, 4) is 16.5 Å². The van der Waals surface area contributed by atoms with Crippen molar-refractivity contribution >= 4 is 23.1 Å². The predicted molar refractivity (Wildman–Crippen MR) is 143 cm³/mol. The van der Waals surface area contributed by atoms with Gasteiger partial charge in [0.05, 0.1) is 26.5 Å². The topological polar surface area (TPSA) is 55.7 Å². The number of hydrogen-bond acceptors (Lipinski definition) is 4. The number of aromatic nitrogens is 1. The van der Waals surface area contributed by atoms with Crippen LogP contribution in [0.15, 0.2) is 54.7 Å². The molecule has 0 spiro atoms. The highest BCUT2D eigenvalue weighted by Gasteiger charge is 2.36. The molecule has 0 fully saturated rings. The first kappa shape index (κ1) is 24.5. The number of rotatable bonds is 4. The second kappa shape index (κ2) is 9.79. The average Bonchev–Trinajstić information content (AvgIpc) is 3.49. The average molecular weight is 536 g/mol. The number of fused-ring (bicyclic) bond motifs is 5. The number of carbonyl (C=O) groups is 1. The van der Waals surface area contributed by atoms with Crippen LogP contribution >= 0.6 is 11.3 Å². The smallest absolute Gasteiger partial charge is 0.322 e. The van der Waals surface area contributed by atoms with E-state index in [0.717, 1.165) is 48.0 Å². The number of ether oxygens (including phenoxy) is 2. The van der Waals surface area contributed by atoms with Crippen LogP contribution in [-0.4, -0.2) is 29.7 Å². The fourth-order valence-corrected chi connectivity index (χ4v) is 6.98. The number of nitrogens with zero attached hydrogens (tertiary/aromatic N) is 2. The Morgan fingerprint density at radius 3 is 2.50 bits per heavy atom. The van der Waals surface area contributed by atoms with Gasteiger partial charge in [0.25, 0.3) is 0 Å². The summed E-state index contributed by atoms with van der Waals surface area (Å²) < 4.78 is 41.7. The van der Waals surface area contributed by atoms with E-state index >= 15 is 0 Å². The molecule has 1 atom stereocenters. The van der Waals surface area contributed by atoms with Gasteiger partial charge >= 0.3 is 6.03 Å². The van der Waals surface area contributed by atoms with Gasteiger partial charge in [-0.1, -0.05) is 0 Å². The highest BCUT2D eigenvalue weighted by molar-refractivity contribution is 7.15. The maximum Gasteiger partial charge on any atom is 0.322 e. The second-order valence-electron chi connectivity index (χ2n) is 9.53. The highest BCUT2D eigenvalue weighted by Crippen LogP contribution is 2.44. The molecule has 2 aromatic heterocycles. The summed E-state index contributed by atoms with van der Waals surface area (Å²) in [6, 6.07) is 11.3. The van der Waals surface area contributed by atoms with E-state index < -0.39 is 17.7 Å². The fourth-order valence-electron chi connectivity index (χ4n) is 5.58. The van der Waals surface area contributed by atoms with Crippen LogP contribution in [0.25, 0.3) is 5.00 Å². The molecule has 1 unspecified atom stereocenters. The van der Waals surface area contributed by atoms with Crippen molar-refractivity contribution in [1.29, 1.82) is 0 Å². The van der Waals surface area contributed by atoms with Crippen LogP contribution in [0.4, 0.5) is 19.3 Å². The van der Waals surface area contributed by atoms with Gasteiger partial charge in [-0.15, -0.1) is 11.3 Å². The third kappa shape index (κ3) is 4.20. The minimum atomic E-state index is -0.714. The molecule has 2 aromatic carbocycles.